The van der Waals surface area contributed by atoms with E-state index in [9.17, 15) is 14.4 Å². The predicted molar refractivity (Wildman–Crippen MR) is 82.0 cm³/mol. The van der Waals surface area contributed by atoms with Gasteiger partial charge in [0.2, 0.25) is 0 Å². The minimum absolute atomic E-state index is 0.106. The number of amides is 3. The van der Waals surface area contributed by atoms with Gasteiger partial charge in [0.25, 0.3) is 5.91 Å². The van der Waals surface area contributed by atoms with Crippen molar-refractivity contribution in [3.63, 3.8) is 0 Å². The molecule has 1 atom stereocenters. The molecule has 126 valence electrons. The van der Waals surface area contributed by atoms with Gasteiger partial charge in [-0.15, -0.1) is 0 Å². The van der Waals surface area contributed by atoms with Gasteiger partial charge in [-0.2, -0.15) is 0 Å². The van der Waals surface area contributed by atoms with Crippen LogP contribution in [0.15, 0.2) is 0 Å². The largest absolute Gasteiger partial charge is 0.456 e. The zero-order chi connectivity index (χ0) is 16.4. The van der Waals surface area contributed by atoms with Crippen LogP contribution in [0.25, 0.3) is 0 Å². The molecule has 0 aromatic heterocycles. The molecule has 1 heterocycles. The fourth-order valence-corrected chi connectivity index (χ4v) is 2.50. The Labute approximate surface area is 131 Å². The van der Waals surface area contributed by atoms with Crippen molar-refractivity contribution in [2.45, 2.75) is 45.4 Å². The van der Waals surface area contributed by atoms with Crippen molar-refractivity contribution in [1.82, 2.24) is 10.2 Å². The third kappa shape index (κ3) is 7.85. The summed E-state index contributed by atoms with van der Waals surface area (Å²) in [4.78, 5) is 35.7. The smallest absolute Gasteiger partial charge is 0.312 e. The third-order valence-corrected chi connectivity index (χ3v) is 3.72. The lowest BCUT2D eigenvalue weighted by Crippen LogP contribution is -2.41. The van der Waals surface area contributed by atoms with Gasteiger partial charge in [0.15, 0.2) is 6.61 Å². The highest BCUT2D eigenvalue weighted by Crippen LogP contribution is 2.15. The number of ether oxygens (including phenoxy) is 1. The second-order valence-electron chi connectivity index (χ2n) is 5.85. The fourth-order valence-electron chi connectivity index (χ4n) is 2.50. The first-order chi connectivity index (χ1) is 10.5. The molecule has 3 amide bonds. The van der Waals surface area contributed by atoms with Crippen molar-refractivity contribution in [2.75, 3.05) is 26.2 Å². The Hall–Kier alpha value is -1.79. The van der Waals surface area contributed by atoms with Gasteiger partial charge in [0, 0.05) is 26.1 Å². The molecule has 1 fully saturated rings. The number of nitrogens with one attached hydrogen (secondary N) is 1. The predicted octanol–water partition coefficient (Wildman–Crippen LogP) is 1.02. The quantitative estimate of drug-likeness (QED) is 0.516. The Morgan fingerprint density at radius 2 is 2.05 bits per heavy atom. The highest BCUT2D eigenvalue weighted by Gasteiger charge is 2.21. The van der Waals surface area contributed by atoms with E-state index in [-0.39, 0.29) is 18.5 Å². The van der Waals surface area contributed by atoms with Crippen molar-refractivity contribution < 1.29 is 19.1 Å². The van der Waals surface area contributed by atoms with Crippen LogP contribution in [0.2, 0.25) is 0 Å². The molecule has 3 N–H and O–H groups in total. The van der Waals surface area contributed by atoms with Crippen molar-refractivity contribution in [2.24, 2.45) is 11.7 Å². The van der Waals surface area contributed by atoms with Gasteiger partial charge in [0.1, 0.15) is 0 Å². The number of rotatable bonds is 8. The maximum atomic E-state index is 11.9. The second-order valence-corrected chi connectivity index (χ2v) is 5.85. The number of piperidine rings is 1. The first kappa shape index (κ1) is 18.3. The van der Waals surface area contributed by atoms with Crippen molar-refractivity contribution >= 4 is 17.9 Å². The summed E-state index contributed by atoms with van der Waals surface area (Å²) in [5.74, 6) is 0.0641. The summed E-state index contributed by atoms with van der Waals surface area (Å²) >= 11 is 0. The molecule has 0 unspecified atom stereocenters. The molecule has 22 heavy (non-hydrogen) atoms. The van der Waals surface area contributed by atoms with E-state index in [0.717, 1.165) is 38.8 Å². The van der Waals surface area contributed by atoms with Gasteiger partial charge in [-0.05, 0) is 31.6 Å². The zero-order valence-electron chi connectivity index (χ0n) is 13.3. The van der Waals surface area contributed by atoms with Crippen molar-refractivity contribution in [3.8, 4) is 0 Å². The molecule has 0 radical (unpaired) electrons. The third-order valence-electron chi connectivity index (χ3n) is 3.72. The Kier molecular flexibility index (Phi) is 8.32. The lowest BCUT2D eigenvalue weighted by Gasteiger charge is -2.30. The van der Waals surface area contributed by atoms with E-state index >= 15 is 0 Å². The number of unbranched alkanes of at least 4 members (excludes halogenated alkanes) is 2. The maximum absolute atomic E-state index is 11.9. The normalized spacial score (nSPS) is 17.9. The molecule has 1 saturated heterocycles. The van der Waals surface area contributed by atoms with Crippen molar-refractivity contribution in [1.29, 1.82) is 0 Å². The molecule has 0 aromatic rings. The molecule has 1 aliphatic heterocycles. The van der Waals surface area contributed by atoms with Crippen LogP contribution >= 0.6 is 0 Å². The van der Waals surface area contributed by atoms with E-state index in [1.165, 1.54) is 0 Å². The molecule has 7 heteroatoms. The molecule has 1 rings (SSSR count). The van der Waals surface area contributed by atoms with Gasteiger partial charge in [0.05, 0.1) is 0 Å². The first-order valence-corrected chi connectivity index (χ1v) is 7.95. The van der Waals surface area contributed by atoms with Gasteiger partial charge < -0.3 is 20.7 Å². The summed E-state index contributed by atoms with van der Waals surface area (Å²) in [5.41, 5.74) is 4.93. The topological polar surface area (TPSA) is 102 Å². The van der Waals surface area contributed by atoms with Gasteiger partial charge in [-0.3, -0.25) is 9.59 Å². The van der Waals surface area contributed by atoms with Gasteiger partial charge in [-0.25, -0.2) is 4.79 Å². The van der Waals surface area contributed by atoms with Crippen LogP contribution in [-0.2, 0) is 14.3 Å². The minimum Gasteiger partial charge on any atom is -0.456 e. The van der Waals surface area contributed by atoms with E-state index in [0.29, 0.717) is 25.3 Å². The van der Waals surface area contributed by atoms with Crippen LogP contribution in [0.4, 0.5) is 4.79 Å². The number of esters is 1. The molecular formula is C15H27N3O4. The SMILES string of the molecule is C[C@@H]1CCCN(C(=O)COC(=O)CCCCCNC(N)=O)C1. The van der Waals surface area contributed by atoms with Crippen LogP contribution < -0.4 is 11.1 Å². The number of likely N-dealkylation sites (tertiary alicyclic amines) is 1. The highest BCUT2D eigenvalue weighted by atomic mass is 16.5. The number of nitrogens with two attached hydrogens (primary N) is 1. The Morgan fingerprint density at radius 3 is 2.73 bits per heavy atom. The number of carbonyl (C=O) groups is 3. The van der Waals surface area contributed by atoms with Crippen LogP contribution in [0.5, 0.6) is 0 Å². The average molecular weight is 313 g/mol. The summed E-state index contributed by atoms with van der Waals surface area (Å²) in [6.07, 6.45) is 4.69. The monoisotopic (exact) mass is 313 g/mol. The van der Waals surface area contributed by atoms with Crippen LogP contribution in [0.1, 0.15) is 45.4 Å². The molecule has 0 spiro atoms. The van der Waals surface area contributed by atoms with Crippen LogP contribution in [0, 0.1) is 5.92 Å². The number of hydrogen-bond donors (Lipinski definition) is 2. The number of hydrogen-bond acceptors (Lipinski definition) is 4. The van der Waals surface area contributed by atoms with E-state index in [1.807, 2.05) is 0 Å². The summed E-state index contributed by atoms with van der Waals surface area (Å²) in [5, 5.41) is 2.49. The lowest BCUT2D eigenvalue weighted by atomic mass is 10.0. The van der Waals surface area contributed by atoms with Gasteiger partial charge in [-0.1, -0.05) is 13.3 Å². The van der Waals surface area contributed by atoms with E-state index < -0.39 is 6.03 Å². The average Bonchev–Trinajstić information content (AvgIpc) is 2.48. The molecular weight excluding hydrogens is 286 g/mol. The van der Waals surface area contributed by atoms with E-state index in [1.54, 1.807) is 4.90 Å². The van der Waals surface area contributed by atoms with Gasteiger partial charge >= 0.3 is 12.0 Å². The summed E-state index contributed by atoms with van der Waals surface area (Å²) in [7, 11) is 0. The molecule has 0 saturated carbocycles. The Morgan fingerprint density at radius 1 is 1.27 bits per heavy atom. The molecule has 1 aliphatic rings. The Bertz CT molecular complexity index is 387. The maximum Gasteiger partial charge on any atom is 0.312 e. The molecule has 7 nitrogen and oxygen atoms in total. The number of urea groups is 1. The number of primary amides is 1. The molecule has 0 aliphatic carbocycles. The fraction of sp³-hybridized carbons (Fsp3) is 0.800. The summed E-state index contributed by atoms with van der Waals surface area (Å²) < 4.78 is 5.02. The first-order valence-electron chi connectivity index (χ1n) is 7.95. The molecule has 0 bridgehead atoms. The lowest BCUT2D eigenvalue weighted by molar-refractivity contribution is -0.152. The highest BCUT2D eigenvalue weighted by molar-refractivity contribution is 5.80. The van der Waals surface area contributed by atoms with E-state index in [4.69, 9.17) is 10.5 Å². The second kappa shape index (κ2) is 10.0. The van der Waals surface area contributed by atoms with Crippen molar-refractivity contribution in [3.05, 3.63) is 0 Å². The number of nitrogens with zero attached hydrogens (tertiary/aromatic N) is 1. The zero-order valence-corrected chi connectivity index (χ0v) is 13.3. The number of carbonyl (C=O) groups excluding carboxylic acids is 3. The molecule has 0 aromatic carbocycles. The van der Waals surface area contributed by atoms with Crippen LogP contribution in [-0.4, -0.2) is 49.0 Å². The standard InChI is InChI=1S/C15H27N3O4/c1-12-6-5-9-18(10-12)13(19)11-22-14(20)7-3-2-4-8-17-15(16)21/h12H,2-11H2,1H3,(H3,16,17,21)/t12-/m1/s1. The summed E-state index contributed by atoms with van der Waals surface area (Å²) in [6.45, 7) is 3.99. The van der Waals surface area contributed by atoms with E-state index in [2.05, 4.69) is 12.2 Å². The Balaban J connectivity index is 2.05. The summed E-state index contributed by atoms with van der Waals surface area (Å²) in [6, 6.07) is -0.537. The minimum atomic E-state index is -0.537. The van der Waals surface area contributed by atoms with Crippen LogP contribution in [0.3, 0.4) is 0 Å².